The van der Waals surface area contributed by atoms with Crippen LogP contribution in [0.25, 0.3) is 0 Å². The zero-order valence-electron chi connectivity index (χ0n) is 14.7. The highest BCUT2D eigenvalue weighted by molar-refractivity contribution is 9.10. The third-order valence-corrected chi connectivity index (χ3v) is 4.33. The van der Waals surface area contributed by atoms with Gasteiger partial charge in [0.25, 0.3) is 0 Å². The van der Waals surface area contributed by atoms with Gasteiger partial charge >= 0.3 is 6.18 Å². The fourth-order valence-corrected chi connectivity index (χ4v) is 2.57. The summed E-state index contributed by atoms with van der Waals surface area (Å²) < 4.78 is 45.9. The lowest BCUT2D eigenvalue weighted by Crippen LogP contribution is -2.17. The average molecular weight is 432 g/mol. The molecule has 8 heteroatoms. The molecule has 2 rings (SSSR count). The molecule has 0 aliphatic carbocycles. The number of aromatic nitrogens is 2. The average Bonchev–Trinajstić information content (AvgIpc) is 2.60. The van der Waals surface area contributed by atoms with Gasteiger partial charge in [0.1, 0.15) is 5.56 Å². The molecule has 2 aromatic rings. The summed E-state index contributed by atoms with van der Waals surface area (Å²) in [7, 11) is 1.69. The second-order valence-electron chi connectivity index (χ2n) is 5.83. The number of alkyl halides is 3. The molecule has 1 heterocycles. The van der Waals surface area contributed by atoms with Crippen molar-refractivity contribution in [1.29, 1.82) is 0 Å². The molecule has 1 aromatic carbocycles. The molecule has 0 fully saturated rings. The summed E-state index contributed by atoms with van der Waals surface area (Å²) in [6.07, 6.45) is -0.117. The molecule has 0 atom stereocenters. The topological polar surface area (TPSA) is 38.2 Å². The molecule has 4 nitrogen and oxygen atoms in total. The monoisotopic (exact) mass is 431 g/mol. The summed E-state index contributed by atoms with van der Waals surface area (Å²) in [6, 6.07) is 7.30. The maximum absolute atomic E-state index is 13.2. The first-order chi connectivity index (χ1) is 12.3. The predicted octanol–water partition coefficient (Wildman–Crippen LogP) is 5.98. The lowest BCUT2D eigenvalue weighted by Gasteiger charge is -2.19. The van der Waals surface area contributed by atoms with E-state index in [1.54, 1.807) is 11.9 Å². The minimum Gasteiger partial charge on any atom is -0.477 e. The number of rotatable bonds is 8. The molecule has 26 heavy (non-hydrogen) atoms. The largest absolute Gasteiger partial charge is 0.477 e. The van der Waals surface area contributed by atoms with Gasteiger partial charge in [-0.15, -0.1) is 0 Å². The molecule has 0 amide bonds. The first kappa shape index (κ1) is 20.5. The zero-order valence-corrected chi connectivity index (χ0v) is 16.3. The first-order valence-corrected chi connectivity index (χ1v) is 9.18. The molecule has 0 aliphatic heterocycles. The highest BCUT2D eigenvalue weighted by Crippen LogP contribution is 2.36. The zero-order chi connectivity index (χ0) is 19.2. The van der Waals surface area contributed by atoms with Gasteiger partial charge in [-0.1, -0.05) is 42.1 Å². The van der Waals surface area contributed by atoms with Gasteiger partial charge in [-0.2, -0.15) is 18.2 Å². The second kappa shape index (κ2) is 9.21. The normalized spacial score (nSPS) is 11.5. The molecule has 0 bridgehead atoms. The predicted molar refractivity (Wildman–Crippen MR) is 98.9 cm³/mol. The van der Waals surface area contributed by atoms with Crippen molar-refractivity contribution < 1.29 is 17.9 Å². The maximum Gasteiger partial charge on any atom is 0.423 e. The van der Waals surface area contributed by atoms with Crippen LogP contribution < -0.4 is 9.64 Å². The third-order valence-electron chi connectivity index (χ3n) is 3.80. The van der Waals surface area contributed by atoms with E-state index in [1.807, 2.05) is 24.3 Å². The van der Waals surface area contributed by atoms with Crippen LogP contribution in [-0.2, 0) is 6.18 Å². The fourth-order valence-electron chi connectivity index (χ4n) is 2.30. The Hall–Kier alpha value is -1.83. The lowest BCUT2D eigenvalue weighted by molar-refractivity contribution is -0.139. The number of hydrogen-bond acceptors (Lipinski definition) is 4. The van der Waals surface area contributed by atoms with Gasteiger partial charge in [-0.3, -0.25) is 0 Å². The van der Waals surface area contributed by atoms with E-state index >= 15 is 0 Å². The minimum absolute atomic E-state index is 0.142. The van der Waals surface area contributed by atoms with Crippen LogP contribution in [0.3, 0.4) is 0 Å². The molecular weight excluding hydrogens is 411 g/mol. The van der Waals surface area contributed by atoms with Crippen LogP contribution >= 0.6 is 15.9 Å². The van der Waals surface area contributed by atoms with Gasteiger partial charge in [0.05, 0.1) is 6.61 Å². The SMILES string of the molecule is CCCCCCOc1nc(N(C)c2ccc(Br)cc2)ncc1C(F)(F)F. The number of nitrogens with zero attached hydrogens (tertiary/aromatic N) is 3. The minimum atomic E-state index is -4.56. The quantitative estimate of drug-likeness (QED) is 0.481. The highest BCUT2D eigenvalue weighted by Gasteiger charge is 2.36. The molecule has 0 spiro atoms. The number of halogens is 4. The van der Waals surface area contributed by atoms with Crippen molar-refractivity contribution in [2.24, 2.45) is 0 Å². The van der Waals surface area contributed by atoms with Gasteiger partial charge < -0.3 is 9.64 Å². The van der Waals surface area contributed by atoms with E-state index in [2.05, 4.69) is 32.8 Å². The summed E-state index contributed by atoms with van der Waals surface area (Å²) in [5.74, 6) is -0.285. The molecule has 0 unspecified atom stereocenters. The molecule has 0 aliphatic rings. The smallest absolute Gasteiger partial charge is 0.423 e. The highest BCUT2D eigenvalue weighted by atomic mass is 79.9. The van der Waals surface area contributed by atoms with Gasteiger partial charge in [0, 0.05) is 23.4 Å². The van der Waals surface area contributed by atoms with Crippen LogP contribution in [0, 0.1) is 0 Å². The molecule has 0 N–H and O–H groups in total. The van der Waals surface area contributed by atoms with E-state index in [0.29, 0.717) is 6.42 Å². The van der Waals surface area contributed by atoms with Crippen molar-refractivity contribution in [2.75, 3.05) is 18.6 Å². The number of benzene rings is 1. The van der Waals surface area contributed by atoms with Gasteiger partial charge in [-0.05, 0) is 30.7 Å². The molecular formula is C18H21BrF3N3O. The Morgan fingerprint density at radius 3 is 2.42 bits per heavy atom. The van der Waals surface area contributed by atoms with Crippen LogP contribution in [0.5, 0.6) is 5.88 Å². The summed E-state index contributed by atoms with van der Waals surface area (Å²) in [5, 5.41) is 0. The molecule has 1 aromatic heterocycles. The second-order valence-corrected chi connectivity index (χ2v) is 6.75. The van der Waals surface area contributed by atoms with E-state index in [0.717, 1.165) is 35.6 Å². The fraction of sp³-hybridized carbons (Fsp3) is 0.444. The number of anilines is 2. The Kier molecular flexibility index (Phi) is 7.25. The summed E-state index contributed by atoms with van der Waals surface area (Å²) in [6.45, 7) is 2.26. The van der Waals surface area contributed by atoms with Crippen molar-refractivity contribution >= 4 is 27.6 Å². The van der Waals surface area contributed by atoms with Gasteiger partial charge in [0.2, 0.25) is 11.8 Å². The Balaban J connectivity index is 2.22. The van der Waals surface area contributed by atoms with Crippen molar-refractivity contribution in [2.45, 2.75) is 38.8 Å². The van der Waals surface area contributed by atoms with Crippen molar-refractivity contribution in [3.63, 3.8) is 0 Å². The van der Waals surface area contributed by atoms with Crippen molar-refractivity contribution in [3.05, 3.63) is 40.5 Å². The Bertz CT molecular complexity index is 708. The standard InChI is InChI=1S/C18H21BrF3N3O/c1-3-4-5-6-11-26-16-15(18(20,21)22)12-23-17(24-16)25(2)14-9-7-13(19)8-10-14/h7-10,12H,3-6,11H2,1-2H3. The van der Waals surface area contributed by atoms with Crippen molar-refractivity contribution in [3.8, 4) is 5.88 Å². The molecule has 0 radical (unpaired) electrons. The van der Waals surface area contributed by atoms with Crippen LogP contribution in [0.4, 0.5) is 24.8 Å². The summed E-state index contributed by atoms with van der Waals surface area (Å²) in [5.41, 5.74) is -0.206. The van der Waals surface area contributed by atoms with Crippen LogP contribution in [0.2, 0.25) is 0 Å². The van der Waals surface area contributed by atoms with Gasteiger partial charge in [-0.25, -0.2) is 4.98 Å². The molecule has 142 valence electrons. The molecule has 0 saturated heterocycles. The number of hydrogen-bond donors (Lipinski definition) is 0. The first-order valence-electron chi connectivity index (χ1n) is 8.39. The summed E-state index contributed by atoms with van der Waals surface area (Å²) >= 11 is 3.35. The third kappa shape index (κ3) is 5.59. The van der Waals surface area contributed by atoms with Crippen LogP contribution in [-0.4, -0.2) is 23.6 Å². The lowest BCUT2D eigenvalue weighted by atomic mass is 10.2. The maximum atomic E-state index is 13.2. The number of unbranched alkanes of at least 4 members (excludes halogenated alkanes) is 3. The Labute approximate surface area is 159 Å². The van der Waals surface area contributed by atoms with E-state index in [-0.39, 0.29) is 12.6 Å². The van der Waals surface area contributed by atoms with E-state index < -0.39 is 17.6 Å². The van der Waals surface area contributed by atoms with E-state index in [1.165, 1.54) is 0 Å². The molecule has 0 saturated carbocycles. The van der Waals surface area contributed by atoms with E-state index in [9.17, 15) is 13.2 Å². The Morgan fingerprint density at radius 1 is 1.12 bits per heavy atom. The number of ether oxygens (including phenoxy) is 1. The summed E-state index contributed by atoms with van der Waals surface area (Å²) in [4.78, 5) is 9.49. The Morgan fingerprint density at radius 2 is 1.81 bits per heavy atom. The van der Waals surface area contributed by atoms with Gasteiger partial charge in [0.15, 0.2) is 0 Å². The van der Waals surface area contributed by atoms with Crippen LogP contribution in [0.15, 0.2) is 34.9 Å². The van der Waals surface area contributed by atoms with Crippen LogP contribution in [0.1, 0.15) is 38.2 Å². The van der Waals surface area contributed by atoms with Crippen molar-refractivity contribution in [1.82, 2.24) is 9.97 Å². The van der Waals surface area contributed by atoms with E-state index in [4.69, 9.17) is 4.74 Å².